The first-order valence-corrected chi connectivity index (χ1v) is 12.9. The zero-order chi connectivity index (χ0) is 22.9. The van der Waals surface area contributed by atoms with E-state index in [4.69, 9.17) is 4.52 Å². The monoisotopic (exact) mass is 474 g/mol. The van der Waals surface area contributed by atoms with Crippen molar-refractivity contribution < 1.29 is 17.7 Å². The van der Waals surface area contributed by atoms with Crippen molar-refractivity contribution in [2.75, 3.05) is 18.4 Å². The molecule has 1 saturated heterocycles. The van der Waals surface area contributed by atoms with Crippen LogP contribution in [0.3, 0.4) is 0 Å². The largest absolute Gasteiger partial charge is 0.339 e. The van der Waals surface area contributed by atoms with Gasteiger partial charge in [0.05, 0.1) is 5.92 Å². The number of rotatable bonds is 6. The van der Waals surface area contributed by atoms with E-state index in [0.29, 0.717) is 43.1 Å². The molecule has 8 nitrogen and oxygen atoms in total. The van der Waals surface area contributed by atoms with Crippen molar-refractivity contribution in [1.82, 2.24) is 14.4 Å². The van der Waals surface area contributed by atoms with Gasteiger partial charge in [0, 0.05) is 36.1 Å². The number of amides is 1. The van der Waals surface area contributed by atoms with Gasteiger partial charge in [-0.3, -0.25) is 4.79 Å². The summed E-state index contributed by atoms with van der Waals surface area (Å²) in [6.07, 6.45) is 1.90. The van der Waals surface area contributed by atoms with Crippen LogP contribution in [0.15, 0.2) is 38.4 Å². The van der Waals surface area contributed by atoms with E-state index < -0.39 is 15.9 Å². The van der Waals surface area contributed by atoms with Crippen LogP contribution in [0.5, 0.6) is 0 Å². The Morgan fingerprint density at radius 1 is 1.28 bits per heavy atom. The molecule has 1 fully saturated rings. The normalized spacial score (nSPS) is 17.4. The Bertz CT molecular complexity index is 1230. The van der Waals surface area contributed by atoms with E-state index in [1.54, 1.807) is 11.4 Å². The molecule has 0 bridgehead atoms. The number of aromatic nitrogens is 2. The molecular formula is C22H26N4O4S2. The molecule has 3 heterocycles. The lowest BCUT2D eigenvalue weighted by Gasteiger charge is -2.30. The molecule has 1 unspecified atom stereocenters. The van der Waals surface area contributed by atoms with E-state index in [0.717, 1.165) is 28.2 Å². The maximum absolute atomic E-state index is 13.2. The predicted octanol–water partition coefficient (Wildman–Crippen LogP) is 4.02. The fraction of sp³-hybridized carbons (Fsp3) is 0.409. The third-order valence-corrected chi connectivity index (χ3v) is 9.01. The summed E-state index contributed by atoms with van der Waals surface area (Å²) in [4.78, 5) is 17.1. The van der Waals surface area contributed by atoms with Crippen molar-refractivity contribution in [2.45, 2.75) is 44.2 Å². The van der Waals surface area contributed by atoms with E-state index in [-0.39, 0.29) is 16.7 Å². The first-order chi connectivity index (χ1) is 15.3. The summed E-state index contributed by atoms with van der Waals surface area (Å²) >= 11 is 1.13. The molecule has 2 aromatic heterocycles. The van der Waals surface area contributed by atoms with Gasteiger partial charge in [-0.05, 0) is 56.0 Å². The molecule has 1 aliphatic heterocycles. The molecule has 10 heteroatoms. The highest BCUT2D eigenvalue weighted by molar-refractivity contribution is 7.91. The van der Waals surface area contributed by atoms with Crippen LogP contribution < -0.4 is 5.32 Å². The number of nitrogens with zero attached hydrogens (tertiary/aromatic N) is 3. The van der Waals surface area contributed by atoms with Crippen LogP contribution in [0, 0.1) is 19.8 Å². The van der Waals surface area contributed by atoms with Crippen molar-refractivity contribution in [3.63, 3.8) is 0 Å². The first-order valence-electron chi connectivity index (χ1n) is 10.6. The van der Waals surface area contributed by atoms with Crippen LogP contribution in [0.1, 0.15) is 36.8 Å². The van der Waals surface area contributed by atoms with Gasteiger partial charge in [-0.25, -0.2) is 8.42 Å². The third-order valence-electron chi connectivity index (χ3n) is 5.73. The van der Waals surface area contributed by atoms with Crippen molar-refractivity contribution in [1.29, 1.82) is 0 Å². The quantitative estimate of drug-likeness (QED) is 0.579. The summed E-state index contributed by atoms with van der Waals surface area (Å²) in [5, 5.41) is 8.56. The van der Waals surface area contributed by atoms with Gasteiger partial charge in [0.25, 0.3) is 10.0 Å². The van der Waals surface area contributed by atoms with Crippen LogP contribution in [-0.4, -0.2) is 41.9 Å². The fourth-order valence-electron chi connectivity index (χ4n) is 3.65. The standard InChI is InChI=1S/C22H26N4O4S2/c1-4-19-24-21(25-30-19)17-11-20(31-13-17)32(28,29)26-9-5-6-16(12-26)22(27)23-18-8-7-14(2)15(3)10-18/h7-8,10-11,13,16H,4-6,9,12H2,1-3H3,(H,23,27). The Labute approximate surface area is 191 Å². The highest BCUT2D eigenvalue weighted by atomic mass is 32.2. The summed E-state index contributed by atoms with van der Waals surface area (Å²) in [7, 11) is -3.71. The molecule has 0 spiro atoms. The number of carbonyl (C=O) groups excluding carboxylic acids is 1. The van der Waals surface area contributed by atoms with Crippen LogP contribution >= 0.6 is 11.3 Å². The summed E-state index contributed by atoms with van der Waals surface area (Å²) in [6.45, 7) is 6.47. The van der Waals surface area contributed by atoms with Gasteiger partial charge in [0.15, 0.2) is 0 Å². The molecule has 1 N–H and O–H groups in total. The molecule has 0 saturated carbocycles. The minimum Gasteiger partial charge on any atom is -0.339 e. The summed E-state index contributed by atoms with van der Waals surface area (Å²) in [5.41, 5.74) is 3.59. The average Bonchev–Trinajstić information content (AvgIpc) is 3.46. The molecule has 1 aromatic carbocycles. The Balaban J connectivity index is 1.47. The first kappa shape index (κ1) is 22.6. The number of piperidine rings is 1. The molecule has 1 aliphatic rings. The molecule has 0 aliphatic carbocycles. The van der Waals surface area contributed by atoms with Crippen molar-refractivity contribution >= 4 is 33.0 Å². The predicted molar refractivity (Wildman–Crippen MR) is 123 cm³/mol. The highest BCUT2D eigenvalue weighted by Gasteiger charge is 2.34. The Hall–Kier alpha value is -2.56. The van der Waals surface area contributed by atoms with Crippen molar-refractivity contribution in [2.24, 2.45) is 5.92 Å². The van der Waals surface area contributed by atoms with E-state index in [2.05, 4.69) is 15.5 Å². The molecule has 4 rings (SSSR count). The van der Waals surface area contributed by atoms with Crippen molar-refractivity contribution in [3.05, 3.63) is 46.7 Å². The second-order valence-corrected chi connectivity index (χ2v) is 11.1. The maximum Gasteiger partial charge on any atom is 0.252 e. The van der Waals surface area contributed by atoms with Gasteiger partial charge in [0.2, 0.25) is 17.6 Å². The highest BCUT2D eigenvalue weighted by Crippen LogP contribution is 2.31. The Kier molecular flexibility index (Phi) is 6.45. The Morgan fingerprint density at radius 3 is 2.81 bits per heavy atom. The van der Waals surface area contributed by atoms with E-state index in [1.165, 1.54) is 4.31 Å². The minimum absolute atomic E-state index is 0.154. The SMILES string of the molecule is CCc1nc(-c2csc(S(=O)(=O)N3CCCC(C(=O)Nc4ccc(C)c(C)c4)C3)c2)no1. The number of aryl methyl sites for hydroxylation is 3. The van der Waals surface area contributed by atoms with E-state index in [9.17, 15) is 13.2 Å². The second kappa shape index (κ2) is 9.13. The van der Waals surface area contributed by atoms with Gasteiger partial charge in [0.1, 0.15) is 4.21 Å². The lowest BCUT2D eigenvalue weighted by Crippen LogP contribution is -2.43. The van der Waals surface area contributed by atoms with Gasteiger partial charge < -0.3 is 9.84 Å². The summed E-state index contributed by atoms with van der Waals surface area (Å²) in [5.74, 6) is 0.330. The molecular weight excluding hydrogens is 448 g/mol. The number of sulfonamides is 1. The number of carbonyl (C=O) groups is 1. The summed E-state index contributed by atoms with van der Waals surface area (Å²) < 4.78 is 33.2. The number of benzene rings is 1. The maximum atomic E-state index is 13.2. The summed E-state index contributed by atoms with van der Waals surface area (Å²) in [6, 6.07) is 7.33. The molecule has 0 radical (unpaired) electrons. The number of anilines is 1. The van der Waals surface area contributed by atoms with Crippen LogP contribution in [0.2, 0.25) is 0 Å². The number of nitrogens with one attached hydrogen (secondary N) is 1. The molecule has 170 valence electrons. The van der Waals surface area contributed by atoms with Gasteiger partial charge in [-0.2, -0.15) is 9.29 Å². The Morgan fingerprint density at radius 2 is 2.09 bits per heavy atom. The third kappa shape index (κ3) is 4.62. The van der Waals surface area contributed by atoms with E-state index >= 15 is 0 Å². The molecule has 1 atom stereocenters. The lowest BCUT2D eigenvalue weighted by atomic mass is 9.98. The lowest BCUT2D eigenvalue weighted by molar-refractivity contribution is -0.120. The molecule has 1 amide bonds. The zero-order valence-corrected chi connectivity index (χ0v) is 19.9. The molecule has 32 heavy (non-hydrogen) atoms. The van der Waals surface area contributed by atoms with Gasteiger partial charge in [-0.15, -0.1) is 11.3 Å². The van der Waals surface area contributed by atoms with Crippen molar-refractivity contribution in [3.8, 4) is 11.4 Å². The van der Waals surface area contributed by atoms with Gasteiger partial charge in [-0.1, -0.05) is 18.1 Å². The number of hydrogen-bond donors (Lipinski definition) is 1. The topological polar surface area (TPSA) is 105 Å². The number of hydrogen-bond acceptors (Lipinski definition) is 7. The van der Waals surface area contributed by atoms with E-state index in [1.807, 2.05) is 39.0 Å². The van der Waals surface area contributed by atoms with Crippen LogP contribution in [0.4, 0.5) is 5.69 Å². The molecule has 3 aromatic rings. The van der Waals surface area contributed by atoms with Gasteiger partial charge >= 0.3 is 0 Å². The van der Waals surface area contributed by atoms with Crippen LogP contribution in [0.25, 0.3) is 11.4 Å². The van der Waals surface area contributed by atoms with Crippen LogP contribution in [-0.2, 0) is 21.2 Å². The minimum atomic E-state index is -3.71. The zero-order valence-electron chi connectivity index (χ0n) is 18.3. The number of thiophene rings is 1. The second-order valence-electron chi connectivity index (χ2n) is 8.01. The fourth-order valence-corrected chi connectivity index (χ4v) is 6.48. The average molecular weight is 475 g/mol. The smallest absolute Gasteiger partial charge is 0.252 e.